The van der Waals surface area contributed by atoms with Crippen molar-refractivity contribution in [3.8, 4) is 0 Å². The highest BCUT2D eigenvalue weighted by molar-refractivity contribution is 6.74. The topological polar surface area (TPSA) is 62.6 Å². The van der Waals surface area contributed by atoms with Crippen LogP contribution in [-0.2, 0) is 10.8 Å². The van der Waals surface area contributed by atoms with Crippen LogP contribution in [0.3, 0.4) is 0 Å². The minimum absolute atomic E-state index is 0.0343. The summed E-state index contributed by atoms with van der Waals surface area (Å²) in [6, 6.07) is 0. The van der Waals surface area contributed by atoms with Crippen LogP contribution in [0, 0.1) is 6.92 Å². The van der Waals surface area contributed by atoms with Crippen LogP contribution in [0.4, 0.5) is 0 Å². The number of aromatic nitrogens is 1. The lowest BCUT2D eigenvalue weighted by molar-refractivity contribution is 0.184. The number of hydrogen-bond acceptors (Lipinski definition) is 4. The Balaban J connectivity index is 2.36. The van der Waals surface area contributed by atoms with E-state index in [0.29, 0.717) is 5.46 Å². The first-order chi connectivity index (χ1) is 9.54. The fraction of sp³-hybridized carbons (Fsp3) is 0.667. The van der Waals surface area contributed by atoms with Crippen LogP contribution < -0.4 is 5.46 Å². The molecule has 0 fully saturated rings. The number of pyridine rings is 1. The van der Waals surface area contributed by atoms with Crippen LogP contribution in [0.25, 0.3) is 0 Å². The lowest BCUT2D eigenvalue weighted by Crippen LogP contribution is -2.42. The molecule has 2 rings (SSSR count). The van der Waals surface area contributed by atoms with Gasteiger partial charge in [-0.2, -0.15) is 0 Å². The highest BCUT2D eigenvalue weighted by atomic mass is 28.4. The molecule has 6 heteroatoms. The Morgan fingerprint density at radius 1 is 1.33 bits per heavy atom. The van der Waals surface area contributed by atoms with Crippen LogP contribution in [0.1, 0.15) is 50.1 Å². The number of aryl methyl sites for hydroxylation is 1. The minimum Gasteiger partial charge on any atom is -0.423 e. The molecule has 0 radical (unpaired) electrons. The Hall–Kier alpha value is -0.688. The van der Waals surface area contributed by atoms with Crippen molar-refractivity contribution in [2.24, 2.45) is 0 Å². The highest BCUT2D eigenvalue weighted by Gasteiger charge is 2.41. The average molecular weight is 307 g/mol. The van der Waals surface area contributed by atoms with E-state index >= 15 is 0 Å². The molecule has 1 aliphatic rings. The number of rotatable bonds is 3. The predicted octanol–water partition coefficient (Wildman–Crippen LogP) is 2.08. The normalized spacial score (nSPS) is 18.8. The van der Waals surface area contributed by atoms with E-state index < -0.39 is 15.4 Å². The molecule has 0 saturated heterocycles. The molecule has 1 aromatic heterocycles. The Bertz CT molecular complexity index is 540. The van der Waals surface area contributed by atoms with Crippen molar-refractivity contribution < 1.29 is 14.5 Å². The van der Waals surface area contributed by atoms with Crippen LogP contribution in [-0.4, -0.2) is 30.5 Å². The molecule has 0 bridgehead atoms. The van der Waals surface area contributed by atoms with Gasteiger partial charge in [0.15, 0.2) is 8.32 Å². The van der Waals surface area contributed by atoms with E-state index in [1.165, 1.54) is 0 Å². The largest absolute Gasteiger partial charge is 0.490 e. The summed E-state index contributed by atoms with van der Waals surface area (Å²) in [6.45, 7) is 13.1. The van der Waals surface area contributed by atoms with Gasteiger partial charge in [-0.15, -0.1) is 0 Å². The second kappa shape index (κ2) is 5.50. The second-order valence-corrected chi connectivity index (χ2v) is 12.2. The zero-order chi connectivity index (χ0) is 16.0. The SMILES string of the molecule is Cc1c(B(O)O)cnc2c1C(O[Si](C)(C)C(C)(C)C)CC2. The maximum absolute atomic E-state index is 9.47. The van der Waals surface area contributed by atoms with E-state index in [0.717, 1.165) is 29.7 Å². The number of nitrogens with zero attached hydrogens (tertiary/aromatic N) is 1. The van der Waals surface area contributed by atoms with Crippen molar-refractivity contribution in [3.05, 3.63) is 23.0 Å². The Labute approximate surface area is 128 Å². The van der Waals surface area contributed by atoms with Gasteiger partial charge in [-0.1, -0.05) is 20.8 Å². The summed E-state index contributed by atoms with van der Waals surface area (Å²) in [7, 11) is -3.33. The molecular weight excluding hydrogens is 281 g/mol. The smallest absolute Gasteiger partial charge is 0.423 e. The molecule has 2 N–H and O–H groups in total. The van der Waals surface area contributed by atoms with E-state index in [2.05, 4.69) is 38.8 Å². The van der Waals surface area contributed by atoms with Crippen molar-refractivity contribution in [2.45, 2.75) is 64.8 Å². The van der Waals surface area contributed by atoms with E-state index in [1.54, 1.807) is 6.20 Å². The maximum Gasteiger partial charge on any atom is 0.490 e. The van der Waals surface area contributed by atoms with E-state index in [9.17, 15) is 10.0 Å². The molecule has 0 aliphatic heterocycles. The predicted molar refractivity (Wildman–Crippen MR) is 88.1 cm³/mol. The molecule has 21 heavy (non-hydrogen) atoms. The summed E-state index contributed by atoms with van der Waals surface area (Å²) < 4.78 is 6.54. The van der Waals surface area contributed by atoms with E-state index in [-0.39, 0.29) is 11.1 Å². The fourth-order valence-corrected chi connectivity index (χ4v) is 3.94. The van der Waals surface area contributed by atoms with Gasteiger partial charge in [0.05, 0.1) is 6.10 Å². The molecule has 1 atom stereocenters. The molecule has 1 aliphatic carbocycles. The molecule has 0 aromatic carbocycles. The summed E-state index contributed by atoms with van der Waals surface area (Å²) in [4.78, 5) is 4.40. The standard InChI is InChI=1S/C15H26BNO3Si/c1-10-11(16(18)19)9-17-12-7-8-13(14(10)12)20-21(5,6)15(2,3)4/h9,13,18-19H,7-8H2,1-6H3. The fourth-order valence-electron chi connectivity index (χ4n) is 2.64. The third-order valence-corrected chi connectivity index (χ3v) is 9.48. The quantitative estimate of drug-likeness (QED) is 0.839. The van der Waals surface area contributed by atoms with Crippen LogP contribution in [0.2, 0.25) is 18.1 Å². The Morgan fingerprint density at radius 3 is 2.48 bits per heavy atom. The van der Waals surface area contributed by atoms with Crippen molar-refractivity contribution >= 4 is 20.9 Å². The van der Waals surface area contributed by atoms with Crippen molar-refractivity contribution in [1.29, 1.82) is 0 Å². The highest BCUT2D eigenvalue weighted by Crippen LogP contribution is 2.43. The second-order valence-electron chi connectivity index (χ2n) is 7.48. The van der Waals surface area contributed by atoms with Gasteiger partial charge in [-0.3, -0.25) is 4.98 Å². The van der Waals surface area contributed by atoms with Gasteiger partial charge in [-0.25, -0.2) is 0 Å². The molecule has 0 saturated carbocycles. The third-order valence-electron chi connectivity index (χ3n) is 4.99. The Morgan fingerprint density at radius 2 is 1.95 bits per heavy atom. The molecule has 0 spiro atoms. The molecular formula is C15H26BNO3Si. The number of fused-ring (bicyclic) bond motifs is 1. The molecule has 1 unspecified atom stereocenters. The van der Waals surface area contributed by atoms with Crippen LogP contribution in [0.15, 0.2) is 6.20 Å². The van der Waals surface area contributed by atoms with Crippen LogP contribution >= 0.6 is 0 Å². The van der Waals surface area contributed by atoms with Gasteiger partial charge in [0.1, 0.15) is 0 Å². The zero-order valence-corrected chi connectivity index (χ0v) is 14.9. The zero-order valence-electron chi connectivity index (χ0n) is 13.9. The Kier molecular flexibility index (Phi) is 4.37. The summed E-state index contributed by atoms with van der Waals surface area (Å²) in [6.07, 6.45) is 3.44. The first-order valence-corrected chi connectivity index (χ1v) is 10.5. The van der Waals surface area contributed by atoms with Crippen molar-refractivity contribution in [2.75, 3.05) is 0 Å². The molecule has 1 heterocycles. The van der Waals surface area contributed by atoms with Gasteiger partial charge in [0.2, 0.25) is 0 Å². The molecule has 4 nitrogen and oxygen atoms in total. The third kappa shape index (κ3) is 3.09. The monoisotopic (exact) mass is 307 g/mol. The average Bonchev–Trinajstić information content (AvgIpc) is 2.71. The molecule has 0 amide bonds. The van der Waals surface area contributed by atoms with E-state index in [1.807, 2.05) is 6.92 Å². The lowest BCUT2D eigenvalue weighted by atomic mass is 9.77. The minimum atomic E-state index is -1.86. The number of hydrogen-bond donors (Lipinski definition) is 2. The maximum atomic E-state index is 9.47. The first kappa shape index (κ1) is 16.7. The van der Waals surface area contributed by atoms with Gasteiger partial charge in [0.25, 0.3) is 0 Å². The summed E-state index contributed by atoms with van der Waals surface area (Å²) in [5.74, 6) is 0. The molecule has 1 aromatic rings. The van der Waals surface area contributed by atoms with Crippen molar-refractivity contribution in [1.82, 2.24) is 4.98 Å². The van der Waals surface area contributed by atoms with Crippen LogP contribution in [0.5, 0.6) is 0 Å². The van der Waals surface area contributed by atoms with Crippen molar-refractivity contribution in [3.63, 3.8) is 0 Å². The molecule has 116 valence electrons. The summed E-state index contributed by atoms with van der Waals surface area (Å²) >= 11 is 0. The van der Waals surface area contributed by atoms with Gasteiger partial charge in [0, 0.05) is 22.9 Å². The van der Waals surface area contributed by atoms with Gasteiger partial charge in [-0.05, 0) is 43.5 Å². The van der Waals surface area contributed by atoms with Gasteiger partial charge >= 0.3 is 7.12 Å². The lowest BCUT2D eigenvalue weighted by Gasteiger charge is -2.38. The summed E-state index contributed by atoms with van der Waals surface area (Å²) in [5.41, 5.74) is 3.52. The van der Waals surface area contributed by atoms with E-state index in [4.69, 9.17) is 4.43 Å². The summed E-state index contributed by atoms with van der Waals surface area (Å²) in [5, 5.41) is 19.1. The first-order valence-electron chi connectivity index (χ1n) is 7.57. The van der Waals surface area contributed by atoms with Gasteiger partial charge < -0.3 is 14.5 Å².